The predicted molar refractivity (Wildman–Crippen MR) is 115 cm³/mol. The summed E-state index contributed by atoms with van der Waals surface area (Å²) in [6.07, 6.45) is 1.55. The van der Waals surface area contributed by atoms with Crippen LogP contribution in [0.4, 0.5) is 0 Å². The third-order valence-electron chi connectivity index (χ3n) is 3.74. The zero-order valence-corrected chi connectivity index (χ0v) is 17.2. The Morgan fingerprint density at radius 1 is 1.19 bits per heavy atom. The Morgan fingerprint density at radius 2 is 1.89 bits per heavy atom. The molecule has 0 atom stereocenters. The van der Waals surface area contributed by atoms with Crippen LogP contribution < -0.4 is 20.6 Å². The third-order valence-corrected chi connectivity index (χ3v) is 4.07. The Labute approximate surface area is 170 Å². The van der Waals surface area contributed by atoms with E-state index in [-0.39, 0.29) is 5.11 Å². The lowest BCUT2D eigenvalue weighted by atomic mass is 10.0. The Hall–Kier alpha value is -2.31. The van der Waals surface area contributed by atoms with Gasteiger partial charge in [0.1, 0.15) is 24.7 Å². The van der Waals surface area contributed by atoms with Crippen LogP contribution in [0.15, 0.2) is 41.5 Å². The first-order valence-electron chi connectivity index (χ1n) is 8.61. The maximum absolute atomic E-state index is 6.05. The largest absolute Gasteiger partial charge is 0.490 e. The fourth-order valence-corrected chi connectivity index (χ4v) is 2.70. The smallest absolute Gasteiger partial charge is 0.184 e. The lowest BCUT2D eigenvalue weighted by Crippen LogP contribution is -2.24. The number of rotatable bonds is 8. The Morgan fingerprint density at radius 3 is 2.56 bits per heavy atom. The Kier molecular flexibility index (Phi) is 7.88. The zero-order valence-electron chi connectivity index (χ0n) is 15.7. The van der Waals surface area contributed by atoms with Crippen LogP contribution >= 0.6 is 23.8 Å². The molecule has 7 heteroatoms. The van der Waals surface area contributed by atoms with Crippen LogP contribution in [0.25, 0.3) is 0 Å². The minimum absolute atomic E-state index is 0.0863. The number of nitrogens with one attached hydrogen (secondary N) is 1. The number of nitrogens with zero attached hydrogens (tertiary/aromatic N) is 1. The van der Waals surface area contributed by atoms with Crippen molar-refractivity contribution in [1.29, 1.82) is 0 Å². The minimum Gasteiger partial charge on any atom is -0.490 e. The molecule has 0 aliphatic carbocycles. The second-order valence-corrected chi connectivity index (χ2v) is 7.19. The molecule has 0 saturated carbocycles. The summed E-state index contributed by atoms with van der Waals surface area (Å²) in [6, 6.07) is 11.6. The maximum atomic E-state index is 6.05. The molecular formula is C20H24ClN3O2S. The van der Waals surface area contributed by atoms with Crippen LogP contribution in [-0.2, 0) is 0 Å². The number of thiocarbonyl (C=S) groups is 1. The van der Waals surface area contributed by atoms with Gasteiger partial charge in [-0.3, -0.25) is 5.43 Å². The first-order chi connectivity index (χ1) is 12.9. The van der Waals surface area contributed by atoms with E-state index in [1.165, 1.54) is 5.56 Å². The molecule has 0 unspecified atom stereocenters. The van der Waals surface area contributed by atoms with Crippen molar-refractivity contribution in [2.24, 2.45) is 10.8 Å². The summed E-state index contributed by atoms with van der Waals surface area (Å²) in [4.78, 5) is 0. The molecule has 0 aromatic heterocycles. The molecule has 5 nitrogen and oxygen atoms in total. The van der Waals surface area contributed by atoms with Crippen molar-refractivity contribution in [3.63, 3.8) is 0 Å². The number of halogens is 1. The molecule has 2 rings (SSSR count). The average molecular weight is 406 g/mol. The minimum atomic E-state index is 0.0863. The molecule has 0 saturated heterocycles. The van der Waals surface area contributed by atoms with E-state index in [0.29, 0.717) is 35.5 Å². The first-order valence-corrected chi connectivity index (χ1v) is 9.39. The van der Waals surface area contributed by atoms with Crippen LogP contribution in [0.3, 0.4) is 0 Å². The highest BCUT2D eigenvalue weighted by Crippen LogP contribution is 2.27. The molecule has 0 radical (unpaired) electrons. The van der Waals surface area contributed by atoms with Crippen LogP contribution in [-0.4, -0.2) is 24.5 Å². The molecule has 0 amide bonds. The number of hydrogen-bond acceptors (Lipinski definition) is 4. The van der Waals surface area contributed by atoms with E-state index in [9.17, 15) is 0 Å². The van der Waals surface area contributed by atoms with Gasteiger partial charge in [0.05, 0.1) is 6.21 Å². The van der Waals surface area contributed by atoms with Crippen molar-refractivity contribution in [2.75, 3.05) is 13.2 Å². The highest BCUT2D eigenvalue weighted by Gasteiger charge is 2.09. The predicted octanol–water partition coefficient (Wildman–Crippen LogP) is 4.40. The van der Waals surface area contributed by atoms with Gasteiger partial charge in [-0.2, -0.15) is 5.10 Å². The maximum Gasteiger partial charge on any atom is 0.184 e. The fourth-order valence-electron chi connectivity index (χ4n) is 2.46. The van der Waals surface area contributed by atoms with Gasteiger partial charge in [-0.15, -0.1) is 0 Å². The van der Waals surface area contributed by atoms with E-state index in [1.54, 1.807) is 24.4 Å². The molecule has 0 fully saturated rings. The molecule has 144 valence electrons. The van der Waals surface area contributed by atoms with E-state index in [1.807, 2.05) is 6.92 Å². The van der Waals surface area contributed by atoms with Gasteiger partial charge in [-0.1, -0.05) is 37.6 Å². The van der Waals surface area contributed by atoms with Crippen molar-refractivity contribution in [2.45, 2.75) is 26.7 Å². The quantitative estimate of drug-likeness (QED) is 0.295. The molecule has 3 N–H and O–H groups in total. The molecule has 27 heavy (non-hydrogen) atoms. The van der Waals surface area contributed by atoms with Crippen molar-refractivity contribution >= 4 is 35.1 Å². The number of benzene rings is 2. The average Bonchev–Trinajstić information content (AvgIpc) is 2.59. The molecular weight excluding hydrogens is 382 g/mol. The van der Waals surface area contributed by atoms with Gasteiger partial charge in [0, 0.05) is 10.6 Å². The summed E-state index contributed by atoms with van der Waals surface area (Å²) in [6.45, 7) is 7.15. The molecule has 0 aliphatic rings. The number of nitrogens with two attached hydrogens (primary N) is 1. The lowest BCUT2D eigenvalue weighted by molar-refractivity contribution is 0.215. The summed E-state index contributed by atoms with van der Waals surface area (Å²) in [7, 11) is 0. The van der Waals surface area contributed by atoms with Crippen molar-refractivity contribution < 1.29 is 9.47 Å². The summed E-state index contributed by atoms with van der Waals surface area (Å²) in [5.74, 6) is 1.93. The SMILES string of the molecule is Cc1ccc(C(C)C)c(OCCOc2ccc(Cl)cc2/C=N/NC(N)=S)c1. The molecule has 2 aromatic rings. The Balaban J connectivity index is 1.99. The van der Waals surface area contributed by atoms with Crippen LogP contribution in [0.2, 0.25) is 5.02 Å². The third kappa shape index (κ3) is 6.73. The monoisotopic (exact) mass is 405 g/mol. The summed E-state index contributed by atoms with van der Waals surface area (Å²) in [5.41, 5.74) is 10.9. The number of ether oxygens (including phenoxy) is 2. The van der Waals surface area contributed by atoms with E-state index in [0.717, 1.165) is 11.3 Å². The zero-order chi connectivity index (χ0) is 19.8. The molecule has 0 aliphatic heterocycles. The molecule has 0 spiro atoms. The summed E-state index contributed by atoms with van der Waals surface area (Å²) in [5, 5.41) is 4.61. The number of hydrazone groups is 1. The summed E-state index contributed by atoms with van der Waals surface area (Å²) >= 11 is 10.8. The molecule has 2 aromatic carbocycles. The standard InChI is InChI=1S/C20H24ClN3O2S/c1-13(2)17-6-4-14(3)10-19(17)26-9-8-25-18-7-5-16(21)11-15(18)12-23-24-20(22)27/h4-7,10-13H,8-9H2,1-3H3,(H3,22,24,27)/b23-12+. The van der Waals surface area contributed by atoms with Crippen molar-refractivity contribution in [1.82, 2.24) is 5.43 Å². The number of hydrogen-bond donors (Lipinski definition) is 2. The first kappa shape index (κ1) is 21.0. The number of aryl methyl sites for hydroxylation is 1. The fraction of sp³-hybridized carbons (Fsp3) is 0.300. The van der Waals surface area contributed by atoms with Gasteiger partial charge in [-0.05, 0) is 60.5 Å². The summed E-state index contributed by atoms with van der Waals surface area (Å²) < 4.78 is 11.8. The van der Waals surface area contributed by atoms with E-state index < -0.39 is 0 Å². The highest BCUT2D eigenvalue weighted by atomic mass is 35.5. The van der Waals surface area contributed by atoms with E-state index in [4.69, 9.17) is 39.0 Å². The van der Waals surface area contributed by atoms with Gasteiger partial charge >= 0.3 is 0 Å². The highest BCUT2D eigenvalue weighted by molar-refractivity contribution is 7.80. The Bertz CT molecular complexity index is 825. The van der Waals surface area contributed by atoms with Crippen LogP contribution in [0.1, 0.15) is 36.5 Å². The normalized spacial score (nSPS) is 11.0. The van der Waals surface area contributed by atoms with Gasteiger partial charge in [0.2, 0.25) is 0 Å². The van der Waals surface area contributed by atoms with Crippen molar-refractivity contribution in [3.05, 3.63) is 58.1 Å². The lowest BCUT2D eigenvalue weighted by Gasteiger charge is -2.15. The molecule has 0 heterocycles. The second kappa shape index (κ2) is 10.1. The van der Waals surface area contributed by atoms with Gasteiger partial charge < -0.3 is 15.2 Å². The van der Waals surface area contributed by atoms with Crippen LogP contribution in [0, 0.1) is 6.92 Å². The van der Waals surface area contributed by atoms with E-state index >= 15 is 0 Å². The van der Waals surface area contributed by atoms with Gasteiger partial charge in [-0.25, -0.2) is 0 Å². The van der Waals surface area contributed by atoms with Crippen LogP contribution in [0.5, 0.6) is 11.5 Å². The van der Waals surface area contributed by atoms with Crippen molar-refractivity contribution in [3.8, 4) is 11.5 Å². The molecule has 0 bridgehead atoms. The van der Waals surface area contributed by atoms with Gasteiger partial charge in [0.15, 0.2) is 5.11 Å². The second-order valence-electron chi connectivity index (χ2n) is 6.31. The topological polar surface area (TPSA) is 68.9 Å². The van der Waals surface area contributed by atoms with E-state index in [2.05, 4.69) is 42.6 Å². The van der Waals surface area contributed by atoms with Gasteiger partial charge in [0.25, 0.3) is 0 Å².